The highest BCUT2D eigenvalue weighted by Gasteiger charge is 2.04. The minimum absolute atomic E-state index is 0.246. The molecule has 0 aromatic heterocycles. The van der Waals surface area contributed by atoms with Crippen LogP contribution >= 0.6 is 0 Å². The summed E-state index contributed by atoms with van der Waals surface area (Å²) in [5.74, 6) is 0.621. The Morgan fingerprint density at radius 1 is 1.05 bits per heavy atom. The van der Waals surface area contributed by atoms with Gasteiger partial charge in [-0.1, -0.05) is 0 Å². The van der Waals surface area contributed by atoms with E-state index in [9.17, 15) is 4.79 Å². The standard InChI is InChI=1S/C16H17N3O3/c1-21-14-9-7-13(8-10-14)19-16(17)18-12-5-3-11(4-6-12)15(20)22-2/h3-10H,1-2H3,(H3,17,18,19). The third-order valence-electron chi connectivity index (χ3n) is 2.90. The molecule has 114 valence electrons. The van der Waals surface area contributed by atoms with E-state index in [-0.39, 0.29) is 11.9 Å². The number of nitrogens with zero attached hydrogens (tertiary/aromatic N) is 1. The topological polar surface area (TPSA) is 85.9 Å². The third-order valence-corrected chi connectivity index (χ3v) is 2.90. The van der Waals surface area contributed by atoms with Crippen molar-refractivity contribution in [3.8, 4) is 5.75 Å². The second kappa shape index (κ2) is 7.12. The average molecular weight is 299 g/mol. The van der Waals surface area contributed by atoms with Gasteiger partial charge in [-0.05, 0) is 48.5 Å². The van der Waals surface area contributed by atoms with Crippen LogP contribution in [0.25, 0.3) is 0 Å². The lowest BCUT2D eigenvalue weighted by Crippen LogP contribution is -2.21. The Bertz CT molecular complexity index is 664. The number of hydrogen-bond acceptors (Lipinski definition) is 4. The Morgan fingerprint density at radius 2 is 1.68 bits per heavy atom. The maximum absolute atomic E-state index is 11.3. The van der Waals surface area contributed by atoms with E-state index in [1.165, 1.54) is 7.11 Å². The maximum Gasteiger partial charge on any atom is 0.337 e. The van der Waals surface area contributed by atoms with E-state index in [0.717, 1.165) is 11.4 Å². The molecule has 0 radical (unpaired) electrons. The van der Waals surface area contributed by atoms with Crippen LogP contribution in [0, 0.1) is 0 Å². The molecular weight excluding hydrogens is 282 g/mol. The molecule has 22 heavy (non-hydrogen) atoms. The molecule has 2 rings (SSSR count). The first-order valence-corrected chi connectivity index (χ1v) is 6.56. The molecule has 0 aliphatic heterocycles. The van der Waals surface area contributed by atoms with Gasteiger partial charge >= 0.3 is 5.97 Å². The number of carbonyl (C=O) groups excluding carboxylic acids is 1. The zero-order valence-electron chi connectivity index (χ0n) is 12.4. The summed E-state index contributed by atoms with van der Waals surface area (Å²) < 4.78 is 9.72. The summed E-state index contributed by atoms with van der Waals surface area (Å²) in [6.45, 7) is 0. The van der Waals surface area contributed by atoms with Crippen LogP contribution < -0.4 is 15.8 Å². The number of anilines is 1. The van der Waals surface area contributed by atoms with Crippen molar-refractivity contribution in [2.45, 2.75) is 0 Å². The van der Waals surface area contributed by atoms with Gasteiger partial charge in [0, 0.05) is 5.69 Å². The zero-order valence-corrected chi connectivity index (χ0v) is 12.4. The van der Waals surface area contributed by atoms with Crippen LogP contribution in [-0.2, 0) is 4.74 Å². The summed E-state index contributed by atoms with van der Waals surface area (Å²) in [6.07, 6.45) is 0. The first-order chi connectivity index (χ1) is 10.6. The average Bonchev–Trinajstić information content (AvgIpc) is 2.55. The maximum atomic E-state index is 11.3. The van der Waals surface area contributed by atoms with Gasteiger partial charge in [-0.2, -0.15) is 0 Å². The first-order valence-electron chi connectivity index (χ1n) is 6.56. The van der Waals surface area contributed by atoms with Crippen molar-refractivity contribution in [1.29, 1.82) is 0 Å². The van der Waals surface area contributed by atoms with Gasteiger partial charge in [0.05, 0.1) is 25.5 Å². The normalized spacial score (nSPS) is 10.9. The molecule has 0 amide bonds. The Hall–Kier alpha value is -3.02. The van der Waals surface area contributed by atoms with Gasteiger partial charge in [-0.3, -0.25) is 0 Å². The van der Waals surface area contributed by atoms with Crippen LogP contribution in [0.15, 0.2) is 53.5 Å². The van der Waals surface area contributed by atoms with E-state index in [1.807, 2.05) is 24.3 Å². The van der Waals surface area contributed by atoms with E-state index in [1.54, 1.807) is 31.4 Å². The van der Waals surface area contributed by atoms with Crippen LogP contribution in [-0.4, -0.2) is 26.1 Å². The Balaban J connectivity index is 2.06. The van der Waals surface area contributed by atoms with Gasteiger partial charge < -0.3 is 20.5 Å². The summed E-state index contributed by atoms with van der Waals surface area (Å²) in [5, 5.41) is 2.97. The summed E-state index contributed by atoms with van der Waals surface area (Å²) in [6, 6.07) is 13.9. The minimum Gasteiger partial charge on any atom is -0.497 e. The van der Waals surface area contributed by atoms with E-state index in [4.69, 9.17) is 10.5 Å². The number of methoxy groups -OCH3 is 2. The van der Waals surface area contributed by atoms with Crippen LogP contribution in [0.5, 0.6) is 5.75 Å². The minimum atomic E-state index is -0.389. The van der Waals surface area contributed by atoms with Crippen LogP contribution in [0.1, 0.15) is 10.4 Å². The van der Waals surface area contributed by atoms with E-state index < -0.39 is 0 Å². The summed E-state index contributed by atoms with van der Waals surface area (Å²) in [5.41, 5.74) is 7.74. The molecule has 0 aliphatic rings. The Morgan fingerprint density at radius 3 is 2.23 bits per heavy atom. The van der Waals surface area contributed by atoms with Crippen LogP contribution in [0.3, 0.4) is 0 Å². The highest BCUT2D eigenvalue weighted by molar-refractivity contribution is 5.94. The Kier molecular flexibility index (Phi) is 4.98. The predicted octanol–water partition coefficient (Wildman–Crippen LogP) is 2.54. The molecular formula is C16H17N3O3. The molecule has 0 fully saturated rings. The molecule has 6 heteroatoms. The first kappa shape index (κ1) is 15.4. The van der Waals surface area contributed by atoms with E-state index in [0.29, 0.717) is 11.3 Å². The van der Waals surface area contributed by atoms with Gasteiger partial charge in [0.2, 0.25) is 0 Å². The molecule has 0 saturated carbocycles. The van der Waals surface area contributed by atoms with E-state index in [2.05, 4.69) is 15.0 Å². The van der Waals surface area contributed by atoms with Gasteiger partial charge in [0.1, 0.15) is 5.75 Å². The molecule has 6 nitrogen and oxygen atoms in total. The monoisotopic (exact) mass is 299 g/mol. The van der Waals surface area contributed by atoms with Crippen molar-refractivity contribution in [2.24, 2.45) is 10.7 Å². The number of guanidine groups is 1. The quantitative estimate of drug-likeness (QED) is 0.515. The smallest absolute Gasteiger partial charge is 0.337 e. The number of hydrogen-bond donors (Lipinski definition) is 2. The van der Waals surface area contributed by atoms with Crippen molar-refractivity contribution < 1.29 is 14.3 Å². The highest BCUT2D eigenvalue weighted by atomic mass is 16.5. The zero-order chi connectivity index (χ0) is 15.9. The number of rotatable bonds is 4. The molecule has 0 unspecified atom stereocenters. The van der Waals surface area contributed by atoms with Crippen molar-refractivity contribution in [3.63, 3.8) is 0 Å². The van der Waals surface area contributed by atoms with Gasteiger partial charge in [-0.15, -0.1) is 0 Å². The molecule has 2 aromatic rings. The van der Waals surface area contributed by atoms with Crippen LogP contribution in [0.2, 0.25) is 0 Å². The molecule has 2 aromatic carbocycles. The van der Waals surface area contributed by atoms with Crippen molar-refractivity contribution in [2.75, 3.05) is 19.5 Å². The van der Waals surface area contributed by atoms with Gasteiger partial charge in [0.15, 0.2) is 5.96 Å². The number of benzene rings is 2. The number of nitrogens with one attached hydrogen (secondary N) is 1. The number of nitrogens with two attached hydrogens (primary N) is 1. The van der Waals surface area contributed by atoms with E-state index >= 15 is 0 Å². The van der Waals surface area contributed by atoms with Gasteiger partial charge in [-0.25, -0.2) is 9.79 Å². The third kappa shape index (κ3) is 3.99. The van der Waals surface area contributed by atoms with Gasteiger partial charge in [0.25, 0.3) is 0 Å². The summed E-state index contributed by atoms with van der Waals surface area (Å²) >= 11 is 0. The lowest BCUT2D eigenvalue weighted by molar-refractivity contribution is 0.0601. The molecule has 0 atom stereocenters. The number of aliphatic imine (C=N–C) groups is 1. The predicted molar refractivity (Wildman–Crippen MR) is 85.7 cm³/mol. The second-order valence-electron chi connectivity index (χ2n) is 4.39. The fourth-order valence-electron chi connectivity index (χ4n) is 1.78. The molecule has 0 heterocycles. The largest absolute Gasteiger partial charge is 0.497 e. The fourth-order valence-corrected chi connectivity index (χ4v) is 1.78. The Labute approximate surface area is 128 Å². The number of ether oxygens (including phenoxy) is 2. The molecule has 0 saturated heterocycles. The second-order valence-corrected chi connectivity index (χ2v) is 4.39. The summed E-state index contributed by atoms with van der Waals surface area (Å²) in [4.78, 5) is 15.6. The number of esters is 1. The SMILES string of the molecule is COC(=O)c1ccc(N=C(N)Nc2ccc(OC)cc2)cc1. The number of carbonyl (C=O) groups is 1. The summed E-state index contributed by atoms with van der Waals surface area (Å²) in [7, 11) is 2.95. The molecule has 0 aliphatic carbocycles. The van der Waals surface area contributed by atoms with Crippen molar-refractivity contribution >= 4 is 23.3 Å². The lowest BCUT2D eigenvalue weighted by Gasteiger charge is -2.06. The van der Waals surface area contributed by atoms with Crippen LogP contribution in [0.4, 0.5) is 11.4 Å². The highest BCUT2D eigenvalue weighted by Crippen LogP contribution is 2.16. The molecule has 3 N–H and O–H groups in total. The van der Waals surface area contributed by atoms with Crippen molar-refractivity contribution in [3.05, 3.63) is 54.1 Å². The van der Waals surface area contributed by atoms with Crippen molar-refractivity contribution in [1.82, 2.24) is 0 Å². The fraction of sp³-hybridized carbons (Fsp3) is 0.125. The molecule has 0 spiro atoms. The molecule has 0 bridgehead atoms. The lowest BCUT2D eigenvalue weighted by atomic mass is 10.2.